The van der Waals surface area contributed by atoms with E-state index in [0.29, 0.717) is 5.84 Å². The van der Waals surface area contributed by atoms with Crippen molar-refractivity contribution >= 4 is 17.6 Å². The maximum absolute atomic E-state index is 8.70. The first kappa shape index (κ1) is 16.6. The Morgan fingerprint density at radius 2 is 2.21 bits per heavy atom. The van der Waals surface area contributed by atoms with Crippen molar-refractivity contribution in [1.82, 2.24) is 5.32 Å². The summed E-state index contributed by atoms with van der Waals surface area (Å²) < 4.78 is 0. The molecular formula is C14H29N3OS. The van der Waals surface area contributed by atoms with Gasteiger partial charge in [-0.3, -0.25) is 0 Å². The number of amidine groups is 1. The molecule has 4 nitrogen and oxygen atoms in total. The molecule has 0 aromatic carbocycles. The largest absolute Gasteiger partial charge is 0.409 e. The fourth-order valence-electron chi connectivity index (χ4n) is 2.31. The lowest BCUT2D eigenvalue weighted by molar-refractivity contribution is 0.304. The molecule has 1 heterocycles. The SMILES string of the molecule is CC(C)(CCCCNCC1CCCCS1)C(N)=NO. The molecule has 1 aliphatic heterocycles. The minimum atomic E-state index is -0.200. The first-order chi connectivity index (χ1) is 9.06. The summed E-state index contributed by atoms with van der Waals surface area (Å²) in [6, 6.07) is 0. The highest BCUT2D eigenvalue weighted by Gasteiger charge is 2.22. The summed E-state index contributed by atoms with van der Waals surface area (Å²) in [5.74, 6) is 1.67. The maximum atomic E-state index is 8.70. The number of hydrogen-bond acceptors (Lipinski definition) is 4. The fraction of sp³-hybridized carbons (Fsp3) is 0.929. The Labute approximate surface area is 121 Å². The van der Waals surface area contributed by atoms with Crippen LogP contribution in [0.5, 0.6) is 0 Å². The first-order valence-electron chi connectivity index (χ1n) is 7.36. The van der Waals surface area contributed by atoms with Crippen molar-refractivity contribution in [1.29, 1.82) is 0 Å². The van der Waals surface area contributed by atoms with Crippen molar-refractivity contribution in [2.75, 3.05) is 18.8 Å². The number of hydrogen-bond donors (Lipinski definition) is 3. The van der Waals surface area contributed by atoms with Gasteiger partial charge in [-0.1, -0.05) is 31.8 Å². The van der Waals surface area contributed by atoms with Crippen molar-refractivity contribution in [2.45, 2.75) is 57.6 Å². The van der Waals surface area contributed by atoms with Gasteiger partial charge in [-0.2, -0.15) is 11.8 Å². The molecule has 0 aromatic rings. The topological polar surface area (TPSA) is 70.6 Å². The van der Waals surface area contributed by atoms with Crippen molar-refractivity contribution in [2.24, 2.45) is 16.3 Å². The molecule has 5 heteroatoms. The van der Waals surface area contributed by atoms with E-state index in [0.717, 1.165) is 37.6 Å². The van der Waals surface area contributed by atoms with E-state index < -0.39 is 0 Å². The number of nitrogens with zero attached hydrogens (tertiary/aromatic N) is 1. The van der Waals surface area contributed by atoms with E-state index in [2.05, 4.69) is 22.2 Å². The van der Waals surface area contributed by atoms with E-state index >= 15 is 0 Å². The predicted octanol–water partition coefficient (Wildman–Crippen LogP) is 2.80. The highest BCUT2D eigenvalue weighted by molar-refractivity contribution is 7.99. The zero-order valence-corrected chi connectivity index (χ0v) is 13.1. The Kier molecular flexibility index (Phi) is 7.61. The number of rotatable bonds is 8. The summed E-state index contributed by atoms with van der Waals surface area (Å²) in [6.07, 6.45) is 7.38. The molecule has 1 rings (SSSR count). The van der Waals surface area contributed by atoms with E-state index in [1.807, 2.05) is 13.8 Å². The number of unbranched alkanes of at least 4 members (excludes halogenated alkanes) is 1. The molecule has 1 fully saturated rings. The lowest BCUT2D eigenvalue weighted by Gasteiger charge is -2.23. The van der Waals surface area contributed by atoms with Crippen molar-refractivity contribution < 1.29 is 5.21 Å². The average molecular weight is 287 g/mol. The van der Waals surface area contributed by atoms with Crippen LogP contribution in [-0.4, -0.2) is 35.1 Å². The van der Waals surface area contributed by atoms with Crippen LogP contribution in [0.4, 0.5) is 0 Å². The molecular weight excluding hydrogens is 258 g/mol. The number of oxime groups is 1. The van der Waals surface area contributed by atoms with Gasteiger partial charge in [0, 0.05) is 17.2 Å². The summed E-state index contributed by atoms with van der Waals surface area (Å²) >= 11 is 2.12. The van der Waals surface area contributed by atoms with Gasteiger partial charge >= 0.3 is 0 Å². The van der Waals surface area contributed by atoms with Crippen LogP contribution < -0.4 is 11.1 Å². The van der Waals surface area contributed by atoms with Crippen LogP contribution in [0.2, 0.25) is 0 Å². The van der Waals surface area contributed by atoms with Crippen LogP contribution in [0.15, 0.2) is 5.16 Å². The predicted molar refractivity (Wildman–Crippen MR) is 84.0 cm³/mol. The van der Waals surface area contributed by atoms with Crippen LogP contribution >= 0.6 is 11.8 Å². The molecule has 1 unspecified atom stereocenters. The van der Waals surface area contributed by atoms with E-state index in [4.69, 9.17) is 10.9 Å². The van der Waals surface area contributed by atoms with Gasteiger partial charge in [0.05, 0.1) is 0 Å². The smallest absolute Gasteiger partial charge is 0.144 e. The van der Waals surface area contributed by atoms with Gasteiger partial charge in [-0.05, 0) is 38.0 Å². The van der Waals surface area contributed by atoms with Crippen LogP contribution in [0, 0.1) is 5.41 Å². The van der Waals surface area contributed by atoms with Crippen molar-refractivity contribution in [3.8, 4) is 0 Å². The summed E-state index contributed by atoms with van der Waals surface area (Å²) in [7, 11) is 0. The second-order valence-corrected chi connectivity index (χ2v) is 7.43. The standard InChI is InChI=1S/C14H29N3OS/c1-14(2,13(15)17-18)8-4-5-9-16-11-12-7-3-6-10-19-12/h12,16,18H,3-11H2,1-2H3,(H2,15,17). The molecule has 0 aliphatic carbocycles. The van der Waals surface area contributed by atoms with Crippen molar-refractivity contribution in [3.63, 3.8) is 0 Å². The molecule has 0 aromatic heterocycles. The third kappa shape index (κ3) is 6.52. The Morgan fingerprint density at radius 1 is 1.42 bits per heavy atom. The monoisotopic (exact) mass is 287 g/mol. The molecule has 0 radical (unpaired) electrons. The Hall–Kier alpha value is -0.420. The van der Waals surface area contributed by atoms with Crippen LogP contribution in [0.1, 0.15) is 52.4 Å². The third-order valence-electron chi connectivity index (χ3n) is 3.85. The Morgan fingerprint density at radius 3 is 2.84 bits per heavy atom. The average Bonchev–Trinajstić information content (AvgIpc) is 2.42. The Balaban J connectivity index is 2.01. The molecule has 0 amide bonds. The quantitative estimate of drug-likeness (QED) is 0.211. The molecule has 0 saturated carbocycles. The summed E-state index contributed by atoms with van der Waals surface area (Å²) in [6.45, 7) is 6.26. The summed E-state index contributed by atoms with van der Waals surface area (Å²) in [5, 5.41) is 16.2. The summed E-state index contributed by atoms with van der Waals surface area (Å²) in [4.78, 5) is 0. The minimum Gasteiger partial charge on any atom is -0.409 e. The van der Waals surface area contributed by atoms with Gasteiger partial charge < -0.3 is 16.3 Å². The molecule has 112 valence electrons. The lowest BCUT2D eigenvalue weighted by atomic mass is 9.86. The highest BCUT2D eigenvalue weighted by atomic mass is 32.2. The number of nitrogens with two attached hydrogens (primary N) is 1. The van der Waals surface area contributed by atoms with Gasteiger partial charge in [0.15, 0.2) is 0 Å². The second kappa shape index (κ2) is 8.69. The molecule has 1 saturated heterocycles. The van der Waals surface area contributed by atoms with Gasteiger partial charge in [0.2, 0.25) is 0 Å². The first-order valence-corrected chi connectivity index (χ1v) is 8.41. The maximum Gasteiger partial charge on any atom is 0.144 e. The molecule has 1 atom stereocenters. The molecule has 1 aliphatic rings. The molecule has 0 bridgehead atoms. The normalized spacial score (nSPS) is 21.6. The molecule has 4 N–H and O–H groups in total. The van der Waals surface area contributed by atoms with Gasteiger partial charge in [0.25, 0.3) is 0 Å². The zero-order chi connectivity index (χ0) is 14.1. The van der Waals surface area contributed by atoms with E-state index in [1.54, 1.807) is 0 Å². The summed E-state index contributed by atoms with van der Waals surface area (Å²) in [5.41, 5.74) is 5.47. The molecule has 0 spiro atoms. The van der Waals surface area contributed by atoms with E-state index in [9.17, 15) is 0 Å². The van der Waals surface area contributed by atoms with Crippen LogP contribution in [0.3, 0.4) is 0 Å². The lowest BCUT2D eigenvalue weighted by Crippen LogP contribution is -2.32. The van der Waals surface area contributed by atoms with Gasteiger partial charge in [-0.15, -0.1) is 0 Å². The van der Waals surface area contributed by atoms with Gasteiger partial charge in [-0.25, -0.2) is 0 Å². The third-order valence-corrected chi connectivity index (χ3v) is 5.25. The fourth-order valence-corrected chi connectivity index (χ4v) is 3.58. The van der Waals surface area contributed by atoms with E-state index in [1.165, 1.54) is 25.0 Å². The molecule has 19 heavy (non-hydrogen) atoms. The minimum absolute atomic E-state index is 0.200. The van der Waals surface area contributed by atoms with Gasteiger partial charge in [0.1, 0.15) is 5.84 Å². The van der Waals surface area contributed by atoms with Crippen LogP contribution in [0.25, 0.3) is 0 Å². The zero-order valence-electron chi connectivity index (χ0n) is 12.3. The van der Waals surface area contributed by atoms with Crippen LogP contribution in [-0.2, 0) is 0 Å². The Bertz CT molecular complexity index is 276. The van der Waals surface area contributed by atoms with Crippen molar-refractivity contribution in [3.05, 3.63) is 0 Å². The number of thioether (sulfide) groups is 1. The number of nitrogens with one attached hydrogen (secondary N) is 1. The second-order valence-electron chi connectivity index (χ2n) is 6.02. The highest BCUT2D eigenvalue weighted by Crippen LogP contribution is 2.24. The van der Waals surface area contributed by atoms with E-state index in [-0.39, 0.29) is 5.41 Å².